The molecule has 1 nitrogen and oxygen atoms in total. The molecule has 0 amide bonds. The second-order valence-electron chi connectivity index (χ2n) is 5.03. The van der Waals surface area contributed by atoms with Gasteiger partial charge >= 0.3 is 0 Å². The van der Waals surface area contributed by atoms with Crippen molar-refractivity contribution in [2.45, 2.75) is 51.9 Å². The molecule has 0 fully saturated rings. The van der Waals surface area contributed by atoms with E-state index in [-0.39, 0.29) is 5.41 Å². The molecular formula is C16H25N. The van der Waals surface area contributed by atoms with Gasteiger partial charge in [-0.05, 0) is 32.0 Å². The highest BCUT2D eigenvalue weighted by Gasteiger charge is 2.29. The Morgan fingerprint density at radius 1 is 1.06 bits per heavy atom. The van der Waals surface area contributed by atoms with E-state index in [0.717, 1.165) is 6.54 Å². The van der Waals surface area contributed by atoms with Crippen LogP contribution in [0.25, 0.3) is 0 Å². The Bertz CT molecular complexity index is 331. The Hall–Kier alpha value is -1.11. The van der Waals surface area contributed by atoms with Crippen molar-refractivity contribution < 1.29 is 0 Å². The quantitative estimate of drug-likeness (QED) is 0.611. The largest absolute Gasteiger partial charge is 0.300 e. The Morgan fingerprint density at radius 2 is 1.59 bits per heavy atom. The van der Waals surface area contributed by atoms with Crippen LogP contribution in [0.15, 0.2) is 29.3 Å². The molecular weight excluding hydrogens is 206 g/mol. The highest BCUT2D eigenvalue weighted by molar-refractivity contribution is 5.31. The van der Waals surface area contributed by atoms with Gasteiger partial charge in [-0.15, -0.1) is 0 Å². The van der Waals surface area contributed by atoms with Crippen LogP contribution >= 0.6 is 0 Å². The van der Waals surface area contributed by atoms with Gasteiger partial charge in [0, 0.05) is 12.0 Å². The molecule has 1 aromatic carbocycles. The molecule has 0 radical (unpaired) electrons. The number of nitrogens with zero attached hydrogens (tertiary/aromatic N) is 1. The van der Waals surface area contributed by atoms with E-state index >= 15 is 0 Å². The predicted molar refractivity (Wildman–Crippen MR) is 77.1 cm³/mol. The first-order valence-corrected chi connectivity index (χ1v) is 6.68. The highest BCUT2D eigenvalue weighted by Crippen LogP contribution is 2.35. The summed E-state index contributed by atoms with van der Waals surface area (Å²) < 4.78 is 0. The fourth-order valence-electron chi connectivity index (χ4n) is 2.74. The van der Waals surface area contributed by atoms with Crippen LogP contribution in [0.3, 0.4) is 0 Å². The van der Waals surface area contributed by atoms with E-state index in [4.69, 9.17) is 0 Å². The van der Waals surface area contributed by atoms with Crippen LogP contribution in [-0.4, -0.2) is 13.3 Å². The van der Waals surface area contributed by atoms with Crippen LogP contribution in [0.2, 0.25) is 0 Å². The van der Waals surface area contributed by atoms with E-state index < -0.39 is 0 Å². The number of rotatable bonds is 7. The summed E-state index contributed by atoms with van der Waals surface area (Å²) in [6.45, 7) is 11.2. The van der Waals surface area contributed by atoms with Crippen molar-refractivity contribution in [3.05, 3.63) is 35.4 Å². The van der Waals surface area contributed by atoms with Crippen molar-refractivity contribution in [2.24, 2.45) is 4.99 Å². The molecule has 0 spiro atoms. The van der Waals surface area contributed by atoms with Gasteiger partial charge in [0.1, 0.15) is 0 Å². The van der Waals surface area contributed by atoms with E-state index in [2.05, 4.69) is 56.7 Å². The molecule has 0 bridgehead atoms. The first kappa shape index (κ1) is 14.0. The number of hydrogen-bond acceptors (Lipinski definition) is 1. The molecule has 0 unspecified atom stereocenters. The topological polar surface area (TPSA) is 12.4 Å². The van der Waals surface area contributed by atoms with Gasteiger partial charge in [0.2, 0.25) is 0 Å². The van der Waals surface area contributed by atoms with Crippen LogP contribution < -0.4 is 0 Å². The summed E-state index contributed by atoms with van der Waals surface area (Å²) >= 11 is 0. The predicted octanol–water partition coefficient (Wildman–Crippen LogP) is 4.53. The van der Waals surface area contributed by atoms with Crippen LogP contribution in [0.1, 0.15) is 50.7 Å². The third-order valence-corrected chi connectivity index (χ3v) is 3.54. The molecule has 1 rings (SSSR count). The third-order valence-electron chi connectivity index (χ3n) is 3.54. The Balaban J connectivity index is 3.08. The van der Waals surface area contributed by atoms with Gasteiger partial charge < -0.3 is 4.99 Å². The summed E-state index contributed by atoms with van der Waals surface area (Å²) in [6.07, 6.45) is 4.79. The lowest BCUT2D eigenvalue weighted by Crippen LogP contribution is -2.29. The Morgan fingerprint density at radius 3 is 2.00 bits per heavy atom. The second-order valence-corrected chi connectivity index (χ2v) is 5.03. The van der Waals surface area contributed by atoms with Gasteiger partial charge in [-0.2, -0.15) is 0 Å². The summed E-state index contributed by atoms with van der Waals surface area (Å²) in [7, 11) is 0. The normalized spacial score (nSPS) is 11.5. The molecule has 0 aromatic heterocycles. The van der Waals surface area contributed by atoms with Gasteiger partial charge in [0.05, 0.1) is 0 Å². The SMILES string of the molecule is C=NCC(CCC)(CCC)c1ccc(C)cc1. The zero-order valence-corrected chi connectivity index (χ0v) is 11.5. The third kappa shape index (κ3) is 3.42. The first-order valence-electron chi connectivity index (χ1n) is 6.68. The molecule has 0 atom stereocenters. The average Bonchev–Trinajstić information content (AvgIpc) is 2.30. The summed E-state index contributed by atoms with van der Waals surface area (Å²) in [4.78, 5) is 4.19. The Labute approximate surface area is 106 Å². The van der Waals surface area contributed by atoms with Gasteiger partial charge in [0.15, 0.2) is 0 Å². The minimum atomic E-state index is 0.207. The maximum Gasteiger partial charge on any atom is 0.0479 e. The van der Waals surface area contributed by atoms with Crippen LogP contribution in [0.4, 0.5) is 0 Å². The molecule has 1 aromatic rings. The lowest BCUT2D eigenvalue weighted by atomic mass is 9.73. The lowest BCUT2D eigenvalue weighted by molar-refractivity contribution is 0.367. The molecule has 0 aliphatic carbocycles. The van der Waals surface area contributed by atoms with Gasteiger partial charge in [-0.3, -0.25) is 0 Å². The summed E-state index contributed by atoms with van der Waals surface area (Å²) in [6, 6.07) is 8.95. The first-order chi connectivity index (χ1) is 8.18. The van der Waals surface area contributed by atoms with E-state index in [1.165, 1.54) is 36.8 Å². The van der Waals surface area contributed by atoms with Crippen molar-refractivity contribution in [1.82, 2.24) is 0 Å². The smallest absolute Gasteiger partial charge is 0.0479 e. The van der Waals surface area contributed by atoms with Gasteiger partial charge in [-0.1, -0.05) is 56.5 Å². The number of aryl methyl sites for hydroxylation is 1. The fourth-order valence-corrected chi connectivity index (χ4v) is 2.74. The van der Waals surface area contributed by atoms with Crippen LogP contribution in [0, 0.1) is 6.92 Å². The fraction of sp³-hybridized carbons (Fsp3) is 0.562. The molecule has 0 N–H and O–H groups in total. The zero-order chi connectivity index (χ0) is 12.7. The second kappa shape index (κ2) is 6.58. The molecule has 17 heavy (non-hydrogen) atoms. The number of hydrogen-bond donors (Lipinski definition) is 0. The number of aliphatic imine (C=N–C) groups is 1. The van der Waals surface area contributed by atoms with E-state index in [9.17, 15) is 0 Å². The van der Waals surface area contributed by atoms with Gasteiger partial charge in [0.25, 0.3) is 0 Å². The highest BCUT2D eigenvalue weighted by atomic mass is 14.7. The molecule has 0 heterocycles. The average molecular weight is 231 g/mol. The summed E-state index contributed by atoms with van der Waals surface area (Å²) in [5.74, 6) is 0. The minimum absolute atomic E-state index is 0.207. The monoisotopic (exact) mass is 231 g/mol. The van der Waals surface area contributed by atoms with Gasteiger partial charge in [-0.25, -0.2) is 0 Å². The molecule has 0 saturated heterocycles. The maximum atomic E-state index is 4.19. The minimum Gasteiger partial charge on any atom is -0.300 e. The standard InChI is InChI=1S/C16H25N/c1-5-11-16(12-6-2,13-17-4)15-9-7-14(3)8-10-15/h7-10H,4-6,11-13H2,1-3H3. The molecule has 0 saturated carbocycles. The van der Waals surface area contributed by atoms with Crippen molar-refractivity contribution in [1.29, 1.82) is 0 Å². The van der Waals surface area contributed by atoms with E-state index in [1.54, 1.807) is 0 Å². The summed E-state index contributed by atoms with van der Waals surface area (Å²) in [5, 5.41) is 0. The Kier molecular flexibility index (Phi) is 5.40. The summed E-state index contributed by atoms with van der Waals surface area (Å²) in [5.41, 5.74) is 2.96. The van der Waals surface area contributed by atoms with Crippen molar-refractivity contribution in [3.63, 3.8) is 0 Å². The van der Waals surface area contributed by atoms with Crippen molar-refractivity contribution in [3.8, 4) is 0 Å². The van der Waals surface area contributed by atoms with E-state index in [0.29, 0.717) is 0 Å². The molecule has 0 aliphatic rings. The van der Waals surface area contributed by atoms with Crippen LogP contribution in [0.5, 0.6) is 0 Å². The lowest BCUT2D eigenvalue weighted by Gasteiger charge is -2.32. The molecule has 1 heteroatoms. The van der Waals surface area contributed by atoms with Crippen molar-refractivity contribution >= 4 is 6.72 Å². The van der Waals surface area contributed by atoms with Crippen molar-refractivity contribution in [2.75, 3.05) is 6.54 Å². The van der Waals surface area contributed by atoms with E-state index in [1.807, 2.05) is 0 Å². The van der Waals surface area contributed by atoms with Crippen LogP contribution in [-0.2, 0) is 5.41 Å². The zero-order valence-electron chi connectivity index (χ0n) is 11.5. The molecule has 0 aliphatic heterocycles. The maximum absolute atomic E-state index is 4.19. The number of benzene rings is 1. The molecule has 94 valence electrons.